The van der Waals surface area contributed by atoms with Crippen LogP contribution < -0.4 is 5.32 Å². The first-order valence-electron chi connectivity index (χ1n) is 6.59. The highest BCUT2D eigenvalue weighted by Crippen LogP contribution is 2.20. The Balaban J connectivity index is 1.81. The van der Waals surface area contributed by atoms with Gasteiger partial charge in [0.05, 0.1) is 10.6 Å². The molecule has 1 aliphatic rings. The summed E-state index contributed by atoms with van der Waals surface area (Å²) in [5.74, 6) is -0.203. The van der Waals surface area contributed by atoms with E-state index in [-0.39, 0.29) is 11.8 Å². The maximum atomic E-state index is 11.9. The predicted molar refractivity (Wildman–Crippen MR) is 79.2 cm³/mol. The van der Waals surface area contributed by atoms with Crippen molar-refractivity contribution in [1.82, 2.24) is 10.2 Å². The predicted octanol–water partition coefficient (Wildman–Crippen LogP) is 2.74. The molecule has 108 valence electrons. The third kappa shape index (κ3) is 3.87. The number of carbonyl (C=O) groups excluding carboxylic acids is 2. The zero-order chi connectivity index (χ0) is 14.5. The van der Waals surface area contributed by atoms with E-state index >= 15 is 0 Å². The van der Waals surface area contributed by atoms with Gasteiger partial charge in [-0.15, -0.1) is 0 Å². The van der Waals surface area contributed by atoms with Gasteiger partial charge in [0, 0.05) is 31.1 Å². The van der Waals surface area contributed by atoms with Crippen molar-refractivity contribution >= 4 is 35.0 Å². The van der Waals surface area contributed by atoms with Crippen molar-refractivity contribution in [2.75, 3.05) is 19.6 Å². The van der Waals surface area contributed by atoms with E-state index in [0.29, 0.717) is 28.6 Å². The summed E-state index contributed by atoms with van der Waals surface area (Å²) < 4.78 is 0. The van der Waals surface area contributed by atoms with E-state index < -0.39 is 0 Å². The maximum Gasteiger partial charge on any atom is 0.252 e. The lowest BCUT2D eigenvalue weighted by Crippen LogP contribution is -2.32. The van der Waals surface area contributed by atoms with Crippen molar-refractivity contribution in [1.29, 1.82) is 0 Å². The maximum absolute atomic E-state index is 11.9. The number of likely N-dealkylation sites (tertiary alicyclic amines) is 1. The summed E-state index contributed by atoms with van der Waals surface area (Å²) in [5, 5.41) is 3.49. The molecule has 1 N–H and O–H groups in total. The Bertz CT molecular complexity index is 514. The molecule has 2 rings (SSSR count). The van der Waals surface area contributed by atoms with Gasteiger partial charge in [-0.1, -0.05) is 23.2 Å². The molecule has 0 unspecified atom stereocenters. The number of rotatable bonds is 4. The number of nitrogens with zero attached hydrogens (tertiary/aromatic N) is 1. The standard InChI is InChI=1S/C14H16Cl2N2O2/c15-10-3-4-11(12(16)9-10)14(20)17-6-5-13(19)18-7-1-2-8-18/h3-4,9H,1-2,5-8H2,(H,17,20). The van der Waals surface area contributed by atoms with Crippen LogP contribution in [0.3, 0.4) is 0 Å². The fraction of sp³-hybridized carbons (Fsp3) is 0.429. The lowest BCUT2D eigenvalue weighted by atomic mass is 10.2. The van der Waals surface area contributed by atoms with Gasteiger partial charge in [-0.25, -0.2) is 0 Å². The summed E-state index contributed by atoms with van der Waals surface area (Å²) >= 11 is 11.7. The molecule has 20 heavy (non-hydrogen) atoms. The van der Waals surface area contributed by atoms with Crippen molar-refractivity contribution in [2.24, 2.45) is 0 Å². The summed E-state index contributed by atoms with van der Waals surface area (Å²) in [6, 6.07) is 4.70. The molecule has 1 aliphatic heterocycles. The van der Waals surface area contributed by atoms with Gasteiger partial charge in [-0.2, -0.15) is 0 Å². The van der Waals surface area contributed by atoms with Gasteiger partial charge in [-0.05, 0) is 31.0 Å². The van der Waals surface area contributed by atoms with Crippen LogP contribution in [-0.4, -0.2) is 36.3 Å². The molecule has 2 amide bonds. The van der Waals surface area contributed by atoms with Crippen LogP contribution in [0.4, 0.5) is 0 Å². The van der Waals surface area contributed by atoms with Gasteiger partial charge in [0.1, 0.15) is 0 Å². The SMILES string of the molecule is O=C(NCCC(=O)N1CCCC1)c1ccc(Cl)cc1Cl. The Morgan fingerprint density at radius 2 is 1.90 bits per heavy atom. The molecule has 0 aliphatic carbocycles. The highest BCUT2D eigenvalue weighted by molar-refractivity contribution is 6.36. The summed E-state index contributed by atoms with van der Waals surface area (Å²) in [5.41, 5.74) is 0.365. The zero-order valence-corrected chi connectivity index (χ0v) is 12.5. The van der Waals surface area contributed by atoms with Crippen LogP contribution in [0.2, 0.25) is 10.0 Å². The Morgan fingerprint density at radius 1 is 1.20 bits per heavy atom. The molecule has 6 heteroatoms. The van der Waals surface area contributed by atoms with Crippen molar-refractivity contribution in [3.8, 4) is 0 Å². The molecule has 0 atom stereocenters. The minimum atomic E-state index is -0.291. The molecule has 0 bridgehead atoms. The normalized spacial score (nSPS) is 14.4. The number of hydrogen-bond donors (Lipinski definition) is 1. The molecule has 0 radical (unpaired) electrons. The van der Waals surface area contributed by atoms with Crippen molar-refractivity contribution in [3.63, 3.8) is 0 Å². The molecular formula is C14H16Cl2N2O2. The summed E-state index contributed by atoms with van der Waals surface area (Å²) in [6.45, 7) is 1.97. The topological polar surface area (TPSA) is 49.4 Å². The first-order chi connectivity index (χ1) is 9.58. The molecule has 1 aromatic rings. The third-order valence-electron chi connectivity index (χ3n) is 3.26. The monoisotopic (exact) mass is 314 g/mol. The van der Waals surface area contributed by atoms with E-state index in [9.17, 15) is 9.59 Å². The lowest BCUT2D eigenvalue weighted by Gasteiger charge is -2.15. The fourth-order valence-electron chi connectivity index (χ4n) is 2.18. The third-order valence-corrected chi connectivity index (χ3v) is 3.81. The highest BCUT2D eigenvalue weighted by Gasteiger charge is 2.18. The second-order valence-corrected chi connectivity index (χ2v) is 5.56. The molecule has 1 heterocycles. The average Bonchev–Trinajstić information content (AvgIpc) is 2.92. The molecule has 1 fully saturated rings. The second-order valence-electron chi connectivity index (χ2n) is 4.72. The van der Waals surface area contributed by atoms with Crippen molar-refractivity contribution in [2.45, 2.75) is 19.3 Å². The number of carbonyl (C=O) groups is 2. The Morgan fingerprint density at radius 3 is 2.55 bits per heavy atom. The quantitative estimate of drug-likeness (QED) is 0.929. The van der Waals surface area contributed by atoms with E-state index in [0.717, 1.165) is 25.9 Å². The Labute approximate surface area is 128 Å². The Kier molecular flexibility index (Phi) is 5.26. The van der Waals surface area contributed by atoms with Gasteiger partial charge in [-0.3, -0.25) is 9.59 Å². The number of amides is 2. The van der Waals surface area contributed by atoms with Gasteiger partial charge in [0.2, 0.25) is 5.91 Å². The minimum absolute atomic E-state index is 0.0880. The molecular weight excluding hydrogens is 299 g/mol. The first-order valence-corrected chi connectivity index (χ1v) is 7.34. The van der Waals surface area contributed by atoms with Crippen LogP contribution in [-0.2, 0) is 4.79 Å². The highest BCUT2D eigenvalue weighted by atomic mass is 35.5. The van der Waals surface area contributed by atoms with Gasteiger partial charge in [0.15, 0.2) is 0 Å². The van der Waals surface area contributed by atoms with E-state index in [1.165, 1.54) is 6.07 Å². The first kappa shape index (κ1) is 15.1. The fourth-order valence-corrected chi connectivity index (χ4v) is 2.67. The number of nitrogens with one attached hydrogen (secondary N) is 1. The van der Waals surface area contributed by atoms with Crippen LogP contribution >= 0.6 is 23.2 Å². The lowest BCUT2D eigenvalue weighted by molar-refractivity contribution is -0.129. The van der Waals surface area contributed by atoms with Crippen LogP contribution in [0, 0.1) is 0 Å². The Hall–Kier alpha value is -1.26. The van der Waals surface area contributed by atoms with Crippen LogP contribution in [0.1, 0.15) is 29.6 Å². The minimum Gasteiger partial charge on any atom is -0.351 e. The molecule has 4 nitrogen and oxygen atoms in total. The average molecular weight is 315 g/mol. The van der Waals surface area contributed by atoms with Crippen LogP contribution in [0.5, 0.6) is 0 Å². The summed E-state index contributed by atoms with van der Waals surface area (Å²) in [7, 11) is 0. The number of benzene rings is 1. The van der Waals surface area contributed by atoms with Crippen molar-refractivity contribution in [3.05, 3.63) is 33.8 Å². The number of halogens is 2. The van der Waals surface area contributed by atoms with E-state index in [2.05, 4.69) is 5.32 Å². The smallest absolute Gasteiger partial charge is 0.252 e. The molecule has 0 spiro atoms. The molecule has 1 aromatic carbocycles. The molecule has 1 saturated heterocycles. The molecule has 0 aromatic heterocycles. The van der Waals surface area contributed by atoms with Crippen LogP contribution in [0.15, 0.2) is 18.2 Å². The van der Waals surface area contributed by atoms with E-state index in [1.54, 1.807) is 12.1 Å². The summed E-state index contributed by atoms with van der Waals surface area (Å²) in [6.07, 6.45) is 2.45. The molecule has 0 saturated carbocycles. The van der Waals surface area contributed by atoms with Gasteiger partial charge < -0.3 is 10.2 Å². The summed E-state index contributed by atoms with van der Waals surface area (Å²) in [4.78, 5) is 25.6. The van der Waals surface area contributed by atoms with Gasteiger partial charge in [0.25, 0.3) is 5.91 Å². The van der Waals surface area contributed by atoms with E-state index in [4.69, 9.17) is 23.2 Å². The van der Waals surface area contributed by atoms with E-state index in [1.807, 2.05) is 4.90 Å². The second kappa shape index (κ2) is 6.95. The zero-order valence-electron chi connectivity index (χ0n) is 11.0. The van der Waals surface area contributed by atoms with Gasteiger partial charge >= 0.3 is 0 Å². The largest absolute Gasteiger partial charge is 0.351 e. The number of hydrogen-bond acceptors (Lipinski definition) is 2. The van der Waals surface area contributed by atoms with Crippen LogP contribution in [0.25, 0.3) is 0 Å². The van der Waals surface area contributed by atoms with Crippen molar-refractivity contribution < 1.29 is 9.59 Å².